The number of nitrogens with one attached hydrogen (secondary N) is 1. The van der Waals surface area contributed by atoms with Crippen molar-refractivity contribution in [2.75, 3.05) is 37.6 Å². The first-order valence-electron chi connectivity index (χ1n) is 11.0. The highest BCUT2D eigenvalue weighted by molar-refractivity contribution is 5.74. The van der Waals surface area contributed by atoms with Gasteiger partial charge in [-0.05, 0) is 67.9 Å². The number of nitriles is 1. The summed E-state index contributed by atoms with van der Waals surface area (Å²) < 4.78 is 0. The zero-order valence-corrected chi connectivity index (χ0v) is 16.9. The molecule has 2 amide bonds. The largest absolute Gasteiger partial charge is 0.352 e. The molecule has 0 spiro atoms. The van der Waals surface area contributed by atoms with Crippen molar-refractivity contribution >= 4 is 11.8 Å². The molecule has 0 radical (unpaired) electrons. The second-order valence-electron chi connectivity index (χ2n) is 9.54. The fourth-order valence-electron chi connectivity index (χ4n) is 6.55. The monoisotopic (exact) mass is 394 g/mol. The van der Waals surface area contributed by atoms with Gasteiger partial charge in [0.05, 0.1) is 5.56 Å². The molecule has 4 saturated carbocycles. The smallest absolute Gasteiger partial charge is 0.317 e. The van der Waals surface area contributed by atoms with Crippen LogP contribution in [0.4, 0.5) is 10.6 Å². The minimum absolute atomic E-state index is 0.00944. The molecule has 5 aliphatic rings. The van der Waals surface area contributed by atoms with Crippen LogP contribution in [0.15, 0.2) is 18.3 Å². The normalized spacial score (nSPS) is 35.4. The third kappa shape index (κ3) is 3.24. The number of pyridine rings is 1. The van der Waals surface area contributed by atoms with Gasteiger partial charge >= 0.3 is 6.03 Å². The first-order valence-corrected chi connectivity index (χ1v) is 11.0. The molecule has 29 heavy (non-hydrogen) atoms. The Morgan fingerprint density at radius 1 is 1.17 bits per heavy atom. The van der Waals surface area contributed by atoms with E-state index in [0.29, 0.717) is 55.9 Å². The minimum atomic E-state index is -0.222. The molecule has 0 unspecified atom stereocenters. The van der Waals surface area contributed by atoms with Crippen molar-refractivity contribution in [3.05, 3.63) is 23.9 Å². The van der Waals surface area contributed by atoms with Gasteiger partial charge < -0.3 is 20.9 Å². The Labute approximate surface area is 172 Å². The average Bonchev–Trinajstić information content (AvgIpc) is 2.75. The number of anilines is 1. The Hall–Kier alpha value is -2.33. The van der Waals surface area contributed by atoms with E-state index in [0.717, 1.165) is 11.8 Å². The average molecular weight is 395 g/mol. The van der Waals surface area contributed by atoms with E-state index in [1.165, 1.54) is 32.1 Å². The van der Waals surface area contributed by atoms with Crippen LogP contribution in [0.25, 0.3) is 0 Å². The maximum atomic E-state index is 12.8. The number of amides is 2. The van der Waals surface area contributed by atoms with Crippen molar-refractivity contribution in [1.82, 2.24) is 15.2 Å². The Morgan fingerprint density at radius 2 is 1.83 bits per heavy atom. The molecule has 1 saturated heterocycles. The summed E-state index contributed by atoms with van der Waals surface area (Å²) >= 11 is 0. The first kappa shape index (κ1) is 18.7. The molecule has 4 bridgehead atoms. The van der Waals surface area contributed by atoms with E-state index >= 15 is 0 Å². The molecule has 0 aromatic carbocycles. The molecular weight excluding hydrogens is 364 g/mol. The molecular formula is C22H30N6O. The molecule has 3 N–H and O–H groups in total. The topological polar surface area (TPSA) is 98.3 Å². The van der Waals surface area contributed by atoms with Crippen LogP contribution in [-0.4, -0.2) is 54.2 Å². The summed E-state index contributed by atoms with van der Waals surface area (Å²) in [5.41, 5.74) is 7.28. The highest BCUT2D eigenvalue weighted by Gasteiger charge is 2.55. The van der Waals surface area contributed by atoms with Crippen LogP contribution in [-0.2, 0) is 0 Å². The highest BCUT2D eigenvalue weighted by atomic mass is 16.2. The third-order valence-corrected chi connectivity index (χ3v) is 7.98. The van der Waals surface area contributed by atoms with E-state index in [4.69, 9.17) is 5.73 Å². The molecule has 1 aromatic heterocycles. The molecule has 4 aliphatic carbocycles. The number of hydrogen-bond acceptors (Lipinski definition) is 5. The van der Waals surface area contributed by atoms with Crippen LogP contribution in [0.5, 0.6) is 0 Å². The van der Waals surface area contributed by atoms with Crippen LogP contribution in [0.1, 0.15) is 37.7 Å². The first-order chi connectivity index (χ1) is 14.1. The third-order valence-electron chi connectivity index (χ3n) is 7.98. The number of rotatable bonds is 3. The Kier molecular flexibility index (Phi) is 4.62. The summed E-state index contributed by atoms with van der Waals surface area (Å²) in [6, 6.07) is 5.75. The van der Waals surface area contributed by atoms with E-state index in [-0.39, 0.29) is 11.6 Å². The molecule has 154 valence electrons. The zero-order valence-electron chi connectivity index (χ0n) is 16.9. The lowest BCUT2D eigenvalue weighted by atomic mass is 9.49. The Morgan fingerprint density at radius 3 is 2.45 bits per heavy atom. The zero-order chi connectivity index (χ0) is 20.0. The number of nitrogens with zero attached hydrogens (tertiary/aromatic N) is 4. The second-order valence-corrected chi connectivity index (χ2v) is 9.54. The molecule has 7 heteroatoms. The van der Waals surface area contributed by atoms with E-state index in [2.05, 4.69) is 21.3 Å². The number of nitrogens with two attached hydrogens (primary N) is 1. The summed E-state index contributed by atoms with van der Waals surface area (Å²) in [4.78, 5) is 21.1. The van der Waals surface area contributed by atoms with Crippen molar-refractivity contribution in [2.24, 2.45) is 29.4 Å². The van der Waals surface area contributed by atoms with E-state index < -0.39 is 0 Å². The summed E-state index contributed by atoms with van der Waals surface area (Å²) in [5.74, 6) is 3.61. The maximum absolute atomic E-state index is 12.8. The van der Waals surface area contributed by atoms with Crippen molar-refractivity contribution in [1.29, 1.82) is 5.26 Å². The van der Waals surface area contributed by atoms with Crippen molar-refractivity contribution < 1.29 is 4.79 Å². The minimum Gasteiger partial charge on any atom is -0.352 e. The Balaban J connectivity index is 1.16. The van der Waals surface area contributed by atoms with Gasteiger partial charge in [-0.1, -0.05) is 0 Å². The van der Waals surface area contributed by atoms with Crippen molar-refractivity contribution in [2.45, 2.75) is 37.6 Å². The number of carbonyl (C=O) groups is 1. The van der Waals surface area contributed by atoms with E-state index in [9.17, 15) is 10.1 Å². The molecule has 2 heterocycles. The predicted octanol–water partition coefficient (Wildman–Crippen LogP) is 1.94. The van der Waals surface area contributed by atoms with Gasteiger partial charge in [0, 0.05) is 44.5 Å². The molecule has 7 nitrogen and oxygen atoms in total. The lowest BCUT2D eigenvalue weighted by Crippen LogP contribution is -2.68. The van der Waals surface area contributed by atoms with E-state index in [1.807, 2.05) is 4.90 Å². The van der Waals surface area contributed by atoms with Crippen LogP contribution in [0.3, 0.4) is 0 Å². The van der Waals surface area contributed by atoms with Gasteiger partial charge in [-0.15, -0.1) is 0 Å². The van der Waals surface area contributed by atoms with Gasteiger partial charge in [-0.3, -0.25) is 0 Å². The number of hydrogen-bond donors (Lipinski definition) is 2. The molecule has 1 aliphatic heterocycles. The number of carbonyl (C=O) groups excluding carboxylic acids is 1. The van der Waals surface area contributed by atoms with Crippen LogP contribution < -0.4 is 16.0 Å². The second kappa shape index (κ2) is 7.17. The van der Waals surface area contributed by atoms with Gasteiger partial charge in [0.1, 0.15) is 11.9 Å². The van der Waals surface area contributed by atoms with Crippen LogP contribution in [0.2, 0.25) is 0 Å². The molecule has 0 atom stereocenters. The SMILES string of the molecule is N#Cc1cccnc1N1CCN(C(=O)NCC2(N)C3CC4CC(C3)CC2C4)CC1. The van der Waals surface area contributed by atoms with Gasteiger partial charge in [0.15, 0.2) is 0 Å². The summed E-state index contributed by atoms with van der Waals surface area (Å²) in [5, 5.41) is 12.5. The fourth-order valence-corrected chi connectivity index (χ4v) is 6.55. The number of aromatic nitrogens is 1. The van der Waals surface area contributed by atoms with Crippen LogP contribution in [0, 0.1) is 35.0 Å². The maximum Gasteiger partial charge on any atom is 0.317 e. The van der Waals surface area contributed by atoms with Gasteiger partial charge in [0.2, 0.25) is 0 Å². The molecule has 5 fully saturated rings. The van der Waals surface area contributed by atoms with Crippen molar-refractivity contribution in [3.63, 3.8) is 0 Å². The van der Waals surface area contributed by atoms with Gasteiger partial charge in [-0.2, -0.15) is 5.26 Å². The van der Waals surface area contributed by atoms with E-state index in [1.54, 1.807) is 18.3 Å². The molecule has 1 aromatic rings. The number of urea groups is 1. The Bertz CT molecular complexity index is 797. The lowest BCUT2D eigenvalue weighted by Gasteiger charge is -2.60. The quantitative estimate of drug-likeness (QED) is 0.816. The predicted molar refractivity (Wildman–Crippen MR) is 110 cm³/mol. The van der Waals surface area contributed by atoms with Crippen molar-refractivity contribution in [3.8, 4) is 6.07 Å². The summed E-state index contributed by atoms with van der Waals surface area (Å²) in [6.07, 6.45) is 8.13. The number of piperazine rings is 1. The highest BCUT2D eigenvalue weighted by Crippen LogP contribution is 2.57. The standard InChI is InChI=1S/C22H30N6O/c23-13-17-2-1-3-25-20(17)27-4-6-28(7-5-27)21(29)26-14-22(24)18-9-15-8-16(11-18)12-19(22)10-15/h1-3,15-16,18-19H,4-12,14,24H2,(H,26,29). The summed E-state index contributed by atoms with van der Waals surface area (Å²) in [7, 11) is 0. The lowest BCUT2D eigenvalue weighted by molar-refractivity contribution is -0.0532. The molecule has 6 rings (SSSR count). The van der Waals surface area contributed by atoms with Crippen LogP contribution >= 0.6 is 0 Å². The van der Waals surface area contributed by atoms with Gasteiger partial charge in [-0.25, -0.2) is 9.78 Å². The summed E-state index contributed by atoms with van der Waals surface area (Å²) in [6.45, 7) is 3.21. The fraction of sp³-hybridized carbons (Fsp3) is 0.682. The van der Waals surface area contributed by atoms with Gasteiger partial charge in [0.25, 0.3) is 0 Å².